The molecule has 90 valence electrons. The topological polar surface area (TPSA) is 34.9 Å². The SMILES string of the molecule is CCC(CC)n1ccc(CCCC(C)=O)n1. The van der Waals surface area contributed by atoms with Crippen LogP contribution in [0.1, 0.15) is 58.2 Å². The summed E-state index contributed by atoms with van der Waals surface area (Å²) in [4.78, 5) is 10.8. The molecule has 16 heavy (non-hydrogen) atoms. The molecule has 0 fully saturated rings. The van der Waals surface area contributed by atoms with Crippen molar-refractivity contribution >= 4 is 5.78 Å². The first-order valence-corrected chi connectivity index (χ1v) is 6.20. The van der Waals surface area contributed by atoms with E-state index in [2.05, 4.69) is 35.9 Å². The van der Waals surface area contributed by atoms with Gasteiger partial charge in [-0.25, -0.2) is 0 Å². The van der Waals surface area contributed by atoms with Gasteiger partial charge in [-0.2, -0.15) is 5.10 Å². The number of carbonyl (C=O) groups is 1. The first-order chi connectivity index (χ1) is 7.67. The molecule has 3 nitrogen and oxygen atoms in total. The Kier molecular flexibility index (Phi) is 5.23. The van der Waals surface area contributed by atoms with Gasteiger partial charge in [0.05, 0.1) is 11.7 Å². The van der Waals surface area contributed by atoms with Gasteiger partial charge in [0.1, 0.15) is 5.78 Å². The van der Waals surface area contributed by atoms with Crippen LogP contribution in [0.3, 0.4) is 0 Å². The van der Waals surface area contributed by atoms with Crippen molar-refractivity contribution in [3.8, 4) is 0 Å². The van der Waals surface area contributed by atoms with Gasteiger partial charge < -0.3 is 4.79 Å². The Morgan fingerprint density at radius 3 is 2.69 bits per heavy atom. The Morgan fingerprint density at radius 1 is 1.44 bits per heavy atom. The van der Waals surface area contributed by atoms with Crippen molar-refractivity contribution in [2.45, 2.75) is 58.9 Å². The molecule has 0 aromatic carbocycles. The Bertz CT molecular complexity index is 326. The van der Waals surface area contributed by atoms with Crippen LogP contribution in [-0.2, 0) is 11.2 Å². The average Bonchev–Trinajstić information content (AvgIpc) is 2.68. The van der Waals surface area contributed by atoms with Crippen LogP contribution in [0, 0.1) is 0 Å². The molecule has 0 radical (unpaired) electrons. The zero-order valence-corrected chi connectivity index (χ0v) is 10.6. The fraction of sp³-hybridized carbons (Fsp3) is 0.692. The highest BCUT2D eigenvalue weighted by molar-refractivity contribution is 5.75. The minimum absolute atomic E-state index is 0.263. The number of aromatic nitrogens is 2. The summed E-state index contributed by atoms with van der Waals surface area (Å²) in [6, 6.07) is 2.58. The van der Waals surface area contributed by atoms with E-state index in [0.717, 1.165) is 31.4 Å². The number of hydrogen-bond acceptors (Lipinski definition) is 2. The average molecular weight is 222 g/mol. The van der Waals surface area contributed by atoms with Crippen molar-refractivity contribution in [2.75, 3.05) is 0 Å². The molecule has 0 aliphatic rings. The molecule has 3 heteroatoms. The lowest BCUT2D eigenvalue weighted by molar-refractivity contribution is -0.117. The minimum atomic E-state index is 0.263. The van der Waals surface area contributed by atoms with Crippen LogP contribution in [-0.4, -0.2) is 15.6 Å². The Hall–Kier alpha value is -1.12. The van der Waals surface area contributed by atoms with Crippen molar-refractivity contribution in [3.63, 3.8) is 0 Å². The zero-order chi connectivity index (χ0) is 12.0. The maximum Gasteiger partial charge on any atom is 0.129 e. The number of rotatable bonds is 7. The first kappa shape index (κ1) is 12.9. The van der Waals surface area contributed by atoms with E-state index < -0.39 is 0 Å². The van der Waals surface area contributed by atoms with Gasteiger partial charge in [-0.05, 0) is 38.7 Å². The third kappa shape index (κ3) is 3.80. The molecule has 0 aliphatic carbocycles. The van der Waals surface area contributed by atoms with Gasteiger partial charge in [0.25, 0.3) is 0 Å². The summed E-state index contributed by atoms with van der Waals surface area (Å²) in [7, 11) is 0. The van der Waals surface area contributed by atoms with Gasteiger partial charge in [-0.1, -0.05) is 13.8 Å². The lowest BCUT2D eigenvalue weighted by Gasteiger charge is -2.12. The van der Waals surface area contributed by atoms with Crippen LogP contribution in [0.25, 0.3) is 0 Å². The molecular formula is C13H22N2O. The summed E-state index contributed by atoms with van der Waals surface area (Å²) < 4.78 is 2.06. The van der Waals surface area contributed by atoms with Crippen molar-refractivity contribution in [1.29, 1.82) is 0 Å². The smallest absolute Gasteiger partial charge is 0.129 e. The summed E-state index contributed by atoms with van der Waals surface area (Å²) in [5.74, 6) is 0.263. The minimum Gasteiger partial charge on any atom is -0.300 e. The van der Waals surface area contributed by atoms with Gasteiger partial charge in [-0.3, -0.25) is 4.68 Å². The second kappa shape index (κ2) is 6.46. The van der Waals surface area contributed by atoms with E-state index in [1.165, 1.54) is 0 Å². The van der Waals surface area contributed by atoms with E-state index in [9.17, 15) is 4.79 Å². The largest absolute Gasteiger partial charge is 0.300 e. The summed E-state index contributed by atoms with van der Waals surface area (Å²) >= 11 is 0. The molecule has 1 heterocycles. The van der Waals surface area contributed by atoms with Gasteiger partial charge in [-0.15, -0.1) is 0 Å². The fourth-order valence-electron chi connectivity index (χ4n) is 1.90. The molecule has 0 N–H and O–H groups in total. The molecule has 1 rings (SSSR count). The third-order valence-electron chi connectivity index (χ3n) is 2.94. The Labute approximate surface area is 97.8 Å². The normalized spacial score (nSPS) is 11.0. The second-order valence-electron chi connectivity index (χ2n) is 4.31. The predicted molar refractivity (Wildman–Crippen MR) is 65.5 cm³/mol. The molecular weight excluding hydrogens is 200 g/mol. The summed E-state index contributed by atoms with van der Waals surface area (Å²) in [5.41, 5.74) is 1.10. The van der Waals surface area contributed by atoms with Gasteiger partial charge in [0, 0.05) is 12.6 Å². The maximum absolute atomic E-state index is 10.8. The number of ketones is 1. The van der Waals surface area contributed by atoms with E-state index in [0.29, 0.717) is 12.5 Å². The molecule has 1 aromatic rings. The van der Waals surface area contributed by atoms with Crippen LogP contribution < -0.4 is 0 Å². The molecule has 0 spiro atoms. The summed E-state index contributed by atoms with van der Waals surface area (Å²) in [6.07, 6.45) is 6.77. The van der Waals surface area contributed by atoms with Crippen LogP contribution >= 0.6 is 0 Å². The van der Waals surface area contributed by atoms with Gasteiger partial charge in [0.2, 0.25) is 0 Å². The zero-order valence-electron chi connectivity index (χ0n) is 10.6. The predicted octanol–water partition coefficient (Wildman–Crippen LogP) is 3.16. The van der Waals surface area contributed by atoms with Crippen LogP contribution in [0.5, 0.6) is 0 Å². The number of nitrogens with zero attached hydrogens (tertiary/aromatic N) is 2. The van der Waals surface area contributed by atoms with E-state index >= 15 is 0 Å². The maximum atomic E-state index is 10.8. The molecule has 0 saturated heterocycles. The molecule has 0 unspecified atom stereocenters. The molecule has 0 atom stereocenters. The Morgan fingerprint density at radius 2 is 2.12 bits per heavy atom. The summed E-state index contributed by atoms with van der Waals surface area (Å²) in [6.45, 7) is 6.01. The fourth-order valence-corrected chi connectivity index (χ4v) is 1.90. The lowest BCUT2D eigenvalue weighted by Crippen LogP contribution is -2.07. The number of aryl methyl sites for hydroxylation is 1. The summed E-state index contributed by atoms with van der Waals surface area (Å²) in [5, 5.41) is 4.55. The van der Waals surface area contributed by atoms with Crippen LogP contribution in [0.15, 0.2) is 12.3 Å². The van der Waals surface area contributed by atoms with Crippen molar-refractivity contribution < 1.29 is 4.79 Å². The lowest BCUT2D eigenvalue weighted by atomic mass is 10.1. The second-order valence-corrected chi connectivity index (χ2v) is 4.31. The number of Topliss-reactive ketones (excluding diaryl/α,β-unsaturated/α-hetero) is 1. The van der Waals surface area contributed by atoms with E-state index in [1.807, 2.05) is 0 Å². The van der Waals surface area contributed by atoms with Crippen LogP contribution in [0.2, 0.25) is 0 Å². The number of carbonyl (C=O) groups excluding carboxylic acids is 1. The highest BCUT2D eigenvalue weighted by Crippen LogP contribution is 2.15. The van der Waals surface area contributed by atoms with Crippen molar-refractivity contribution in [3.05, 3.63) is 18.0 Å². The van der Waals surface area contributed by atoms with Crippen LogP contribution in [0.4, 0.5) is 0 Å². The van der Waals surface area contributed by atoms with Crippen molar-refractivity contribution in [1.82, 2.24) is 9.78 Å². The van der Waals surface area contributed by atoms with Crippen molar-refractivity contribution in [2.24, 2.45) is 0 Å². The first-order valence-electron chi connectivity index (χ1n) is 6.20. The molecule has 0 bridgehead atoms. The molecule has 0 saturated carbocycles. The number of hydrogen-bond donors (Lipinski definition) is 0. The molecule has 0 aliphatic heterocycles. The van der Waals surface area contributed by atoms with Gasteiger partial charge >= 0.3 is 0 Å². The highest BCUT2D eigenvalue weighted by Gasteiger charge is 2.07. The van der Waals surface area contributed by atoms with E-state index in [1.54, 1.807) is 6.92 Å². The quantitative estimate of drug-likeness (QED) is 0.710. The third-order valence-corrected chi connectivity index (χ3v) is 2.94. The molecule has 1 aromatic heterocycles. The standard InChI is InChI=1S/C13H22N2O/c1-4-13(5-2)15-10-9-12(14-15)8-6-7-11(3)16/h9-10,13H,4-8H2,1-3H3. The van der Waals surface area contributed by atoms with E-state index in [-0.39, 0.29) is 5.78 Å². The van der Waals surface area contributed by atoms with E-state index in [4.69, 9.17) is 0 Å². The molecule has 0 amide bonds. The monoisotopic (exact) mass is 222 g/mol. The highest BCUT2D eigenvalue weighted by atomic mass is 16.1. The Balaban J connectivity index is 2.47. The van der Waals surface area contributed by atoms with Gasteiger partial charge in [0.15, 0.2) is 0 Å².